The summed E-state index contributed by atoms with van der Waals surface area (Å²) in [5.41, 5.74) is 0.137. The average molecular weight is 473 g/mol. The molecule has 2 heterocycles. The summed E-state index contributed by atoms with van der Waals surface area (Å²) in [6.07, 6.45) is -2.08. The molecule has 3 aromatic rings. The fourth-order valence-corrected chi connectivity index (χ4v) is 4.24. The van der Waals surface area contributed by atoms with Gasteiger partial charge in [0.1, 0.15) is 12.4 Å². The van der Waals surface area contributed by atoms with Crippen LogP contribution in [0, 0.1) is 0 Å². The second kappa shape index (κ2) is 9.64. The zero-order valence-corrected chi connectivity index (χ0v) is 18.9. The van der Waals surface area contributed by atoms with E-state index >= 15 is 0 Å². The van der Waals surface area contributed by atoms with Gasteiger partial charge in [-0.15, -0.1) is 6.58 Å². The Morgan fingerprint density at radius 2 is 1.88 bits per heavy atom. The van der Waals surface area contributed by atoms with Crippen molar-refractivity contribution in [2.75, 3.05) is 19.8 Å². The van der Waals surface area contributed by atoms with Crippen LogP contribution in [0.3, 0.4) is 0 Å². The van der Waals surface area contributed by atoms with E-state index in [2.05, 4.69) is 6.58 Å². The molecule has 8 heteroatoms. The predicted octanol–water partition coefficient (Wildman–Crippen LogP) is 5.34. The summed E-state index contributed by atoms with van der Waals surface area (Å²) in [7, 11) is 1.69. The normalized spacial score (nSPS) is 15.9. The van der Waals surface area contributed by atoms with E-state index in [4.69, 9.17) is 14.2 Å². The first-order valence-corrected chi connectivity index (χ1v) is 11.0. The number of benzene rings is 2. The highest BCUT2D eigenvalue weighted by atomic mass is 19.4. The number of aryl methyl sites for hydroxylation is 1. The van der Waals surface area contributed by atoms with Crippen molar-refractivity contribution in [2.24, 2.45) is 7.05 Å². The van der Waals surface area contributed by atoms with Crippen LogP contribution < -0.4 is 10.3 Å². The second-order valence-electron chi connectivity index (χ2n) is 8.36. The molecule has 4 rings (SSSR count). The number of hydrogen-bond acceptors (Lipinski definition) is 4. The van der Waals surface area contributed by atoms with Gasteiger partial charge in [0.05, 0.1) is 23.3 Å². The van der Waals surface area contributed by atoms with Crippen LogP contribution in [0.1, 0.15) is 29.5 Å². The van der Waals surface area contributed by atoms with Crippen molar-refractivity contribution in [1.29, 1.82) is 0 Å². The lowest BCUT2D eigenvalue weighted by Crippen LogP contribution is -2.37. The van der Waals surface area contributed by atoms with Crippen molar-refractivity contribution in [3.05, 3.63) is 88.2 Å². The molecule has 1 aromatic heterocycles. The van der Waals surface area contributed by atoms with Crippen LogP contribution in [-0.4, -0.2) is 24.4 Å². The van der Waals surface area contributed by atoms with E-state index in [1.165, 1.54) is 10.6 Å². The van der Waals surface area contributed by atoms with Gasteiger partial charge in [0, 0.05) is 39.2 Å². The first-order chi connectivity index (χ1) is 16.2. The third kappa shape index (κ3) is 5.03. The standard InChI is InChI=1S/C26H26F3NO4/c1-3-10-34-25(8-11-32-12-9-25)20-14-21(26(27,28)29)16-22(15-20)33-17-18-4-6-23-19(13-18)5-7-24(31)30(23)2/h3-7,13-16H,1,8-12,17H2,2H3. The zero-order chi connectivity index (χ0) is 24.3. The Bertz CT molecular complexity index is 1240. The maximum atomic E-state index is 13.7. The fourth-order valence-electron chi connectivity index (χ4n) is 4.24. The average Bonchev–Trinajstić information content (AvgIpc) is 2.83. The number of fused-ring (bicyclic) bond motifs is 1. The van der Waals surface area contributed by atoms with Gasteiger partial charge in [-0.1, -0.05) is 12.1 Å². The monoisotopic (exact) mass is 473 g/mol. The zero-order valence-electron chi connectivity index (χ0n) is 18.9. The molecule has 180 valence electrons. The van der Waals surface area contributed by atoms with Crippen LogP contribution in [0.4, 0.5) is 13.2 Å². The lowest BCUT2D eigenvalue weighted by molar-refractivity contribution is -0.138. The van der Waals surface area contributed by atoms with Crippen molar-refractivity contribution in [2.45, 2.75) is 31.2 Å². The molecule has 5 nitrogen and oxygen atoms in total. The Morgan fingerprint density at radius 1 is 1.12 bits per heavy atom. The van der Waals surface area contributed by atoms with Crippen LogP contribution in [-0.2, 0) is 34.9 Å². The SMILES string of the molecule is C=CCOC1(c2cc(OCc3ccc4c(ccc(=O)n4C)c3)cc(C(F)(F)F)c2)CCOCC1. The Balaban J connectivity index is 1.66. The van der Waals surface area contributed by atoms with E-state index in [1.807, 2.05) is 6.07 Å². The van der Waals surface area contributed by atoms with E-state index in [9.17, 15) is 18.0 Å². The number of rotatable bonds is 7. The van der Waals surface area contributed by atoms with Crippen LogP contribution in [0.5, 0.6) is 5.75 Å². The molecule has 34 heavy (non-hydrogen) atoms. The highest BCUT2D eigenvalue weighted by Gasteiger charge is 2.39. The molecule has 1 aliphatic heterocycles. The molecule has 0 radical (unpaired) electrons. The number of ether oxygens (including phenoxy) is 3. The van der Waals surface area contributed by atoms with Crippen LogP contribution in [0.2, 0.25) is 0 Å². The van der Waals surface area contributed by atoms with Crippen molar-refractivity contribution in [3.8, 4) is 5.75 Å². The lowest BCUT2D eigenvalue weighted by atomic mass is 9.85. The van der Waals surface area contributed by atoms with Crippen molar-refractivity contribution in [3.63, 3.8) is 0 Å². The third-order valence-electron chi connectivity index (χ3n) is 6.13. The first kappa shape index (κ1) is 24.0. The Labute approximate surface area is 195 Å². The molecule has 0 bridgehead atoms. The van der Waals surface area contributed by atoms with Gasteiger partial charge in [-0.25, -0.2) is 0 Å². The second-order valence-corrected chi connectivity index (χ2v) is 8.36. The van der Waals surface area contributed by atoms with Gasteiger partial charge in [0.25, 0.3) is 5.56 Å². The summed E-state index contributed by atoms with van der Waals surface area (Å²) in [6, 6.07) is 12.4. The fraction of sp³-hybridized carbons (Fsp3) is 0.346. The Hall–Kier alpha value is -3.10. The first-order valence-electron chi connectivity index (χ1n) is 11.0. The van der Waals surface area contributed by atoms with E-state index in [0.717, 1.165) is 28.6 Å². The number of aromatic nitrogens is 1. The van der Waals surface area contributed by atoms with Gasteiger partial charge in [-0.3, -0.25) is 4.79 Å². The molecule has 0 saturated carbocycles. The summed E-state index contributed by atoms with van der Waals surface area (Å²) in [5.74, 6) is 0.110. The number of hydrogen-bond donors (Lipinski definition) is 0. The molecule has 0 unspecified atom stereocenters. The minimum absolute atomic E-state index is 0.0726. The number of halogens is 3. The highest BCUT2D eigenvalue weighted by Crippen LogP contribution is 2.41. The van der Waals surface area contributed by atoms with Gasteiger partial charge in [0.15, 0.2) is 0 Å². The molecule has 0 amide bonds. The molecule has 1 saturated heterocycles. The number of nitrogens with zero attached hydrogens (tertiary/aromatic N) is 1. The third-order valence-corrected chi connectivity index (χ3v) is 6.13. The minimum atomic E-state index is -4.54. The van der Waals surface area contributed by atoms with Gasteiger partial charge < -0.3 is 18.8 Å². The highest BCUT2D eigenvalue weighted by molar-refractivity contribution is 5.79. The summed E-state index contributed by atoms with van der Waals surface area (Å²) in [5, 5.41) is 0.840. The molecule has 0 spiro atoms. The molecular weight excluding hydrogens is 447 g/mol. The Morgan fingerprint density at radius 3 is 2.59 bits per heavy atom. The van der Waals surface area contributed by atoms with Crippen molar-refractivity contribution >= 4 is 10.9 Å². The molecule has 0 atom stereocenters. The van der Waals surface area contributed by atoms with Gasteiger partial charge >= 0.3 is 6.18 Å². The molecule has 0 N–H and O–H groups in total. The molecule has 0 aliphatic carbocycles. The summed E-state index contributed by atoms with van der Waals surface area (Å²) >= 11 is 0. The molecular formula is C26H26F3NO4. The smallest absolute Gasteiger partial charge is 0.416 e. The van der Waals surface area contributed by atoms with E-state index in [1.54, 1.807) is 37.4 Å². The summed E-state index contributed by atoms with van der Waals surface area (Å²) in [6.45, 7) is 4.73. The largest absolute Gasteiger partial charge is 0.489 e. The topological polar surface area (TPSA) is 49.7 Å². The van der Waals surface area contributed by atoms with Crippen molar-refractivity contribution in [1.82, 2.24) is 4.57 Å². The van der Waals surface area contributed by atoms with Crippen LogP contribution >= 0.6 is 0 Å². The van der Waals surface area contributed by atoms with Gasteiger partial charge in [-0.2, -0.15) is 13.2 Å². The quantitative estimate of drug-likeness (QED) is 0.435. The molecule has 1 fully saturated rings. The van der Waals surface area contributed by atoms with Gasteiger partial charge in [0.2, 0.25) is 0 Å². The maximum absolute atomic E-state index is 13.7. The maximum Gasteiger partial charge on any atom is 0.416 e. The lowest BCUT2D eigenvalue weighted by Gasteiger charge is -2.38. The number of alkyl halides is 3. The van der Waals surface area contributed by atoms with E-state index < -0.39 is 17.3 Å². The predicted molar refractivity (Wildman–Crippen MR) is 123 cm³/mol. The minimum Gasteiger partial charge on any atom is -0.489 e. The molecule has 2 aromatic carbocycles. The summed E-state index contributed by atoms with van der Waals surface area (Å²) < 4.78 is 60.0. The molecule has 1 aliphatic rings. The van der Waals surface area contributed by atoms with Crippen LogP contribution in [0.15, 0.2) is 66.0 Å². The summed E-state index contributed by atoms with van der Waals surface area (Å²) in [4.78, 5) is 11.8. The number of pyridine rings is 1. The van der Waals surface area contributed by atoms with Crippen LogP contribution in [0.25, 0.3) is 10.9 Å². The van der Waals surface area contributed by atoms with E-state index in [0.29, 0.717) is 31.6 Å². The van der Waals surface area contributed by atoms with Crippen molar-refractivity contribution < 1.29 is 27.4 Å². The van der Waals surface area contributed by atoms with E-state index in [-0.39, 0.29) is 24.5 Å². The Kier molecular flexibility index (Phi) is 6.81. The van der Waals surface area contributed by atoms with Gasteiger partial charge in [-0.05, 0) is 52.9 Å².